The third-order valence-corrected chi connectivity index (χ3v) is 2.01. The maximum atomic E-state index is 10.6. The highest BCUT2D eigenvalue weighted by atomic mass is 16.1. The summed E-state index contributed by atoms with van der Waals surface area (Å²) in [6, 6.07) is 7.91. The highest BCUT2D eigenvalue weighted by Crippen LogP contribution is 2.08. The second-order valence-electron chi connectivity index (χ2n) is 3.37. The van der Waals surface area contributed by atoms with Gasteiger partial charge in [-0.1, -0.05) is 17.9 Å². The minimum absolute atomic E-state index is 0.0148. The Kier molecular flexibility index (Phi) is 4.94. The number of hydrogen-bond donors (Lipinski definition) is 2. The molecule has 0 saturated carbocycles. The monoisotopic (exact) mass is 216 g/mol. The Hall–Kier alpha value is -1.95. The lowest BCUT2D eigenvalue weighted by atomic mass is 10.2. The van der Waals surface area contributed by atoms with Gasteiger partial charge in [0.1, 0.15) is 0 Å². The van der Waals surface area contributed by atoms with Crippen LogP contribution in [0.15, 0.2) is 24.3 Å². The highest BCUT2D eigenvalue weighted by molar-refractivity contribution is 5.72. The summed E-state index contributed by atoms with van der Waals surface area (Å²) in [6.07, 6.45) is 0.670. The summed E-state index contributed by atoms with van der Waals surface area (Å²) in [4.78, 5) is 10.6. The van der Waals surface area contributed by atoms with E-state index < -0.39 is 0 Å². The molecule has 0 aromatic heterocycles. The van der Waals surface area contributed by atoms with Crippen LogP contribution >= 0.6 is 0 Å². The first-order chi connectivity index (χ1) is 7.72. The van der Waals surface area contributed by atoms with Gasteiger partial charge >= 0.3 is 0 Å². The normalized spacial score (nSPS) is 8.88. The van der Waals surface area contributed by atoms with Gasteiger partial charge in [0.25, 0.3) is 0 Å². The summed E-state index contributed by atoms with van der Waals surface area (Å²) >= 11 is 0. The number of benzene rings is 1. The van der Waals surface area contributed by atoms with E-state index in [0.717, 1.165) is 11.3 Å². The molecule has 0 radical (unpaired) electrons. The van der Waals surface area contributed by atoms with Crippen LogP contribution in [-0.4, -0.2) is 19.5 Å². The van der Waals surface area contributed by atoms with Crippen molar-refractivity contribution in [1.82, 2.24) is 5.32 Å². The molecular weight excluding hydrogens is 200 g/mol. The van der Waals surface area contributed by atoms with E-state index in [1.807, 2.05) is 31.3 Å². The van der Waals surface area contributed by atoms with E-state index >= 15 is 0 Å². The fraction of sp³-hybridized carbons (Fsp3) is 0.308. The number of rotatable bonds is 3. The van der Waals surface area contributed by atoms with Gasteiger partial charge in [-0.3, -0.25) is 4.79 Å². The first kappa shape index (κ1) is 12.1. The number of amides is 1. The van der Waals surface area contributed by atoms with Crippen molar-refractivity contribution in [2.24, 2.45) is 0 Å². The summed E-state index contributed by atoms with van der Waals surface area (Å²) in [5.41, 5.74) is 2.03. The SMILES string of the molecule is CNc1cccc(C#CCCNC(C)=O)c1. The van der Waals surface area contributed by atoms with E-state index in [9.17, 15) is 4.79 Å². The molecule has 0 unspecified atom stereocenters. The quantitative estimate of drug-likeness (QED) is 0.595. The molecule has 3 nitrogen and oxygen atoms in total. The highest BCUT2D eigenvalue weighted by Gasteiger charge is 1.90. The van der Waals surface area contributed by atoms with Crippen LogP contribution in [0, 0.1) is 11.8 Å². The van der Waals surface area contributed by atoms with Gasteiger partial charge in [-0.25, -0.2) is 0 Å². The van der Waals surface area contributed by atoms with Crippen molar-refractivity contribution < 1.29 is 4.79 Å². The van der Waals surface area contributed by atoms with E-state index in [0.29, 0.717) is 13.0 Å². The van der Waals surface area contributed by atoms with Gasteiger partial charge in [-0.05, 0) is 18.2 Å². The van der Waals surface area contributed by atoms with Crippen LogP contribution in [0.5, 0.6) is 0 Å². The Balaban J connectivity index is 2.46. The van der Waals surface area contributed by atoms with Gasteiger partial charge in [0, 0.05) is 38.2 Å². The molecule has 16 heavy (non-hydrogen) atoms. The molecule has 1 amide bonds. The lowest BCUT2D eigenvalue weighted by Crippen LogP contribution is -2.20. The number of carbonyl (C=O) groups is 1. The molecule has 3 heteroatoms. The molecule has 84 valence electrons. The van der Waals surface area contributed by atoms with Crippen molar-refractivity contribution in [2.45, 2.75) is 13.3 Å². The molecule has 1 aromatic rings. The van der Waals surface area contributed by atoms with Gasteiger partial charge < -0.3 is 10.6 Å². The van der Waals surface area contributed by atoms with Crippen LogP contribution in [0.25, 0.3) is 0 Å². The van der Waals surface area contributed by atoms with Crippen molar-refractivity contribution in [3.63, 3.8) is 0 Å². The average Bonchev–Trinajstić information content (AvgIpc) is 2.28. The molecule has 0 aliphatic heterocycles. The minimum atomic E-state index is -0.0148. The number of nitrogens with one attached hydrogen (secondary N) is 2. The van der Waals surface area contributed by atoms with Crippen molar-refractivity contribution in [1.29, 1.82) is 0 Å². The zero-order valence-corrected chi connectivity index (χ0v) is 9.63. The first-order valence-electron chi connectivity index (χ1n) is 5.23. The Bertz CT molecular complexity index is 415. The van der Waals surface area contributed by atoms with Gasteiger partial charge in [0.2, 0.25) is 5.91 Å². The molecule has 0 fully saturated rings. The summed E-state index contributed by atoms with van der Waals surface area (Å²) in [5, 5.41) is 5.76. The second kappa shape index (κ2) is 6.52. The summed E-state index contributed by atoms with van der Waals surface area (Å²) < 4.78 is 0. The maximum Gasteiger partial charge on any atom is 0.216 e. The first-order valence-corrected chi connectivity index (χ1v) is 5.23. The molecule has 0 aliphatic carbocycles. The molecule has 0 saturated heterocycles. The van der Waals surface area contributed by atoms with Crippen molar-refractivity contribution in [3.8, 4) is 11.8 Å². The van der Waals surface area contributed by atoms with Gasteiger partial charge in [0.15, 0.2) is 0 Å². The van der Waals surface area contributed by atoms with Crippen LogP contribution in [0.4, 0.5) is 5.69 Å². The third-order valence-electron chi connectivity index (χ3n) is 2.01. The lowest BCUT2D eigenvalue weighted by molar-refractivity contribution is -0.118. The molecule has 1 aromatic carbocycles. The molecule has 0 spiro atoms. The lowest BCUT2D eigenvalue weighted by Gasteiger charge is -1.98. The molecule has 0 heterocycles. The fourth-order valence-electron chi connectivity index (χ4n) is 1.22. The van der Waals surface area contributed by atoms with E-state index in [1.54, 1.807) is 0 Å². The standard InChI is InChI=1S/C13H16N2O/c1-11(16)15-9-4-3-6-12-7-5-8-13(10-12)14-2/h5,7-8,10,14H,4,9H2,1-2H3,(H,15,16). The van der Waals surface area contributed by atoms with Crippen molar-refractivity contribution >= 4 is 11.6 Å². The van der Waals surface area contributed by atoms with E-state index in [2.05, 4.69) is 22.5 Å². The van der Waals surface area contributed by atoms with E-state index in [-0.39, 0.29) is 5.91 Å². The average molecular weight is 216 g/mol. The van der Waals surface area contributed by atoms with Crippen molar-refractivity contribution in [2.75, 3.05) is 18.9 Å². The van der Waals surface area contributed by atoms with Crippen LogP contribution in [-0.2, 0) is 4.79 Å². The van der Waals surface area contributed by atoms with E-state index in [1.165, 1.54) is 6.92 Å². The molecule has 2 N–H and O–H groups in total. The molecular formula is C13H16N2O. The Morgan fingerprint density at radius 3 is 2.94 bits per heavy atom. The van der Waals surface area contributed by atoms with Crippen LogP contribution in [0.3, 0.4) is 0 Å². The predicted octanol–water partition coefficient (Wildman–Crippen LogP) is 1.61. The van der Waals surface area contributed by atoms with Gasteiger partial charge in [0.05, 0.1) is 0 Å². The zero-order chi connectivity index (χ0) is 11.8. The van der Waals surface area contributed by atoms with E-state index in [4.69, 9.17) is 0 Å². The number of anilines is 1. The van der Waals surface area contributed by atoms with Crippen molar-refractivity contribution in [3.05, 3.63) is 29.8 Å². The molecule has 0 atom stereocenters. The Morgan fingerprint density at radius 1 is 1.44 bits per heavy atom. The number of hydrogen-bond acceptors (Lipinski definition) is 2. The molecule has 1 rings (SSSR count). The van der Waals surface area contributed by atoms with Crippen LogP contribution in [0.1, 0.15) is 18.9 Å². The fourth-order valence-corrected chi connectivity index (χ4v) is 1.22. The van der Waals surface area contributed by atoms with Crippen LogP contribution in [0.2, 0.25) is 0 Å². The smallest absolute Gasteiger partial charge is 0.216 e. The zero-order valence-electron chi connectivity index (χ0n) is 9.63. The molecule has 0 aliphatic rings. The summed E-state index contributed by atoms with van der Waals surface area (Å²) in [6.45, 7) is 2.11. The topological polar surface area (TPSA) is 41.1 Å². The Morgan fingerprint density at radius 2 is 2.25 bits per heavy atom. The van der Waals surface area contributed by atoms with Gasteiger partial charge in [-0.2, -0.15) is 0 Å². The summed E-state index contributed by atoms with van der Waals surface area (Å²) in [5.74, 6) is 6.05. The molecule has 0 bridgehead atoms. The predicted molar refractivity (Wildman–Crippen MR) is 66.2 cm³/mol. The van der Waals surface area contributed by atoms with Crippen LogP contribution < -0.4 is 10.6 Å². The largest absolute Gasteiger partial charge is 0.388 e. The maximum absolute atomic E-state index is 10.6. The second-order valence-corrected chi connectivity index (χ2v) is 3.37. The van der Waals surface area contributed by atoms with Gasteiger partial charge in [-0.15, -0.1) is 0 Å². The number of carbonyl (C=O) groups excluding carboxylic acids is 1. The summed E-state index contributed by atoms with van der Waals surface area (Å²) in [7, 11) is 1.88. The minimum Gasteiger partial charge on any atom is -0.388 e. The Labute approximate surface area is 96.2 Å². The third kappa shape index (κ3) is 4.52.